The number of hydrogen-bond acceptors (Lipinski definition) is 4. The molecule has 0 spiro atoms. The van der Waals surface area contributed by atoms with Crippen LogP contribution in [-0.4, -0.2) is 40.7 Å². The second-order valence-corrected chi connectivity index (χ2v) is 6.41. The summed E-state index contributed by atoms with van der Waals surface area (Å²) in [6, 6.07) is 6.56. The maximum absolute atomic E-state index is 12.9. The normalized spacial score (nSPS) is 16.8. The molecule has 2 amide bonds. The van der Waals surface area contributed by atoms with Crippen molar-refractivity contribution in [2.75, 3.05) is 18.4 Å². The highest BCUT2D eigenvalue weighted by atomic mass is 19.4. The lowest BCUT2D eigenvalue weighted by atomic mass is 10.2. The maximum atomic E-state index is 12.9. The molecule has 1 aromatic heterocycles. The fourth-order valence-electron chi connectivity index (χ4n) is 2.96. The summed E-state index contributed by atoms with van der Waals surface area (Å²) in [4.78, 5) is 23.8. The van der Waals surface area contributed by atoms with E-state index in [0.29, 0.717) is 5.69 Å². The first-order valence-electron chi connectivity index (χ1n) is 8.87. The van der Waals surface area contributed by atoms with E-state index in [0.717, 1.165) is 36.3 Å². The Labute approximate surface area is 159 Å². The molecule has 3 rings (SSSR count). The third-order valence-electron chi connectivity index (χ3n) is 4.36. The molecule has 150 valence electrons. The van der Waals surface area contributed by atoms with E-state index in [4.69, 9.17) is 0 Å². The van der Waals surface area contributed by atoms with Crippen molar-refractivity contribution in [2.45, 2.75) is 31.5 Å². The number of aromatic nitrogens is 2. The van der Waals surface area contributed by atoms with Gasteiger partial charge in [-0.05, 0) is 49.7 Å². The van der Waals surface area contributed by atoms with Crippen LogP contribution in [0.3, 0.4) is 0 Å². The Kier molecular flexibility index (Phi) is 5.98. The van der Waals surface area contributed by atoms with Gasteiger partial charge in [-0.15, -0.1) is 0 Å². The van der Waals surface area contributed by atoms with Crippen LogP contribution in [0.2, 0.25) is 0 Å². The van der Waals surface area contributed by atoms with Gasteiger partial charge in [-0.1, -0.05) is 0 Å². The second kappa shape index (κ2) is 8.42. The number of alkyl halides is 3. The average Bonchev–Trinajstić information content (AvgIpc) is 3.34. The Balaban J connectivity index is 1.51. The van der Waals surface area contributed by atoms with Crippen LogP contribution in [0.25, 0.3) is 5.69 Å². The molecule has 7 nitrogen and oxygen atoms in total. The fourth-order valence-corrected chi connectivity index (χ4v) is 2.96. The Morgan fingerprint density at radius 2 is 1.96 bits per heavy atom. The zero-order chi connectivity index (χ0) is 20.1. The predicted molar refractivity (Wildman–Crippen MR) is 95.8 cm³/mol. The van der Waals surface area contributed by atoms with Crippen molar-refractivity contribution in [1.82, 2.24) is 20.4 Å². The highest BCUT2D eigenvalue weighted by Crippen LogP contribution is 2.30. The molecule has 1 aromatic carbocycles. The molecule has 1 aliphatic heterocycles. The monoisotopic (exact) mass is 395 g/mol. The van der Waals surface area contributed by atoms with Crippen molar-refractivity contribution in [3.8, 4) is 5.69 Å². The summed E-state index contributed by atoms with van der Waals surface area (Å²) >= 11 is 0. The minimum Gasteiger partial charge on any atom is -0.354 e. The Bertz CT molecular complexity index is 826. The Morgan fingerprint density at radius 1 is 1.21 bits per heavy atom. The van der Waals surface area contributed by atoms with E-state index in [1.165, 1.54) is 24.3 Å². The van der Waals surface area contributed by atoms with Crippen molar-refractivity contribution in [2.24, 2.45) is 0 Å². The van der Waals surface area contributed by atoms with Crippen molar-refractivity contribution < 1.29 is 22.8 Å². The Hall–Kier alpha value is -2.88. The number of nitrogens with one attached hydrogen (secondary N) is 3. The second-order valence-electron chi connectivity index (χ2n) is 6.41. The Morgan fingerprint density at radius 3 is 2.61 bits per heavy atom. The summed E-state index contributed by atoms with van der Waals surface area (Å²) in [7, 11) is 0. The third kappa shape index (κ3) is 4.89. The quantitative estimate of drug-likeness (QED) is 0.699. The standard InChI is InChI=1S/C18H20F3N5O2/c19-18(20,21)15-7-11-24-26(15)13-5-3-12(4-6-13)25-16(27)8-10-23-17(28)14-2-1-9-22-14/h3-7,11,14,22H,1-2,8-10H2,(H,23,28)(H,25,27). The summed E-state index contributed by atoms with van der Waals surface area (Å²) in [5, 5.41) is 12.1. The lowest BCUT2D eigenvalue weighted by molar-refractivity contribution is -0.142. The van der Waals surface area contributed by atoms with E-state index >= 15 is 0 Å². The van der Waals surface area contributed by atoms with Crippen LogP contribution in [0.1, 0.15) is 25.0 Å². The number of hydrogen-bond donors (Lipinski definition) is 3. The zero-order valence-electron chi connectivity index (χ0n) is 14.9. The van der Waals surface area contributed by atoms with Crippen molar-refractivity contribution in [3.05, 3.63) is 42.2 Å². The molecule has 1 unspecified atom stereocenters. The number of carbonyl (C=O) groups excluding carboxylic acids is 2. The van der Waals surface area contributed by atoms with E-state index < -0.39 is 11.9 Å². The fraction of sp³-hybridized carbons (Fsp3) is 0.389. The zero-order valence-corrected chi connectivity index (χ0v) is 14.9. The van der Waals surface area contributed by atoms with E-state index in [9.17, 15) is 22.8 Å². The van der Waals surface area contributed by atoms with Crippen molar-refractivity contribution in [1.29, 1.82) is 0 Å². The van der Waals surface area contributed by atoms with Gasteiger partial charge in [0.25, 0.3) is 0 Å². The lowest BCUT2D eigenvalue weighted by Gasteiger charge is -2.12. The molecule has 1 saturated heterocycles. The van der Waals surface area contributed by atoms with Crippen molar-refractivity contribution in [3.63, 3.8) is 0 Å². The van der Waals surface area contributed by atoms with Crippen LogP contribution in [0.4, 0.5) is 18.9 Å². The van der Waals surface area contributed by atoms with Gasteiger partial charge in [0.05, 0.1) is 17.9 Å². The first kappa shape index (κ1) is 19.9. The van der Waals surface area contributed by atoms with E-state index in [1.54, 1.807) is 0 Å². The topological polar surface area (TPSA) is 88.0 Å². The number of halogens is 3. The number of anilines is 1. The summed E-state index contributed by atoms with van der Waals surface area (Å²) in [6.07, 6.45) is -1.60. The van der Waals surface area contributed by atoms with Crippen LogP contribution >= 0.6 is 0 Å². The molecule has 0 aliphatic carbocycles. The van der Waals surface area contributed by atoms with Crippen molar-refractivity contribution >= 4 is 17.5 Å². The minimum absolute atomic E-state index is 0.0948. The van der Waals surface area contributed by atoms with E-state index in [2.05, 4.69) is 21.0 Å². The van der Waals surface area contributed by atoms with E-state index in [1.807, 2.05) is 0 Å². The predicted octanol–water partition coefficient (Wildman–Crippen LogP) is 2.09. The summed E-state index contributed by atoms with van der Waals surface area (Å²) in [6.45, 7) is 1.03. The lowest BCUT2D eigenvalue weighted by Crippen LogP contribution is -2.41. The average molecular weight is 395 g/mol. The van der Waals surface area contributed by atoms with Gasteiger partial charge in [0.15, 0.2) is 0 Å². The molecule has 1 atom stereocenters. The molecule has 28 heavy (non-hydrogen) atoms. The number of carbonyl (C=O) groups is 2. The smallest absolute Gasteiger partial charge is 0.354 e. The van der Waals surface area contributed by atoms with Gasteiger partial charge in [0, 0.05) is 18.7 Å². The number of benzene rings is 1. The molecule has 0 bridgehead atoms. The van der Waals surface area contributed by atoms with Crippen LogP contribution in [0.15, 0.2) is 36.5 Å². The molecule has 0 radical (unpaired) electrons. The van der Waals surface area contributed by atoms with Crippen LogP contribution < -0.4 is 16.0 Å². The summed E-state index contributed by atoms with van der Waals surface area (Å²) in [5.41, 5.74) is -0.207. The van der Waals surface area contributed by atoms with E-state index in [-0.39, 0.29) is 36.5 Å². The van der Waals surface area contributed by atoms with Gasteiger partial charge in [-0.25, -0.2) is 4.68 Å². The first-order chi connectivity index (χ1) is 13.3. The molecule has 2 heterocycles. The number of rotatable bonds is 6. The summed E-state index contributed by atoms with van der Waals surface area (Å²) in [5.74, 6) is -0.420. The van der Waals surface area contributed by atoms with Gasteiger partial charge in [0.2, 0.25) is 11.8 Å². The SMILES string of the molecule is O=C(CCNC(=O)C1CCCN1)Nc1ccc(-n2nccc2C(F)(F)F)cc1. The summed E-state index contributed by atoms with van der Waals surface area (Å²) < 4.78 is 39.6. The van der Waals surface area contributed by atoms with Gasteiger partial charge in [-0.3, -0.25) is 9.59 Å². The molecule has 1 aliphatic rings. The molecular formula is C18H20F3N5O2. The van der Waals surface area contributed by atoms with Gasteiger partial charge in [-0.2, -0.15) is 18.3 Å². The molecule has 2 aromatic rings. The van der Waals surface area contributed by atoms with Crippen LogP contribution in [0.5, 0.6) is 0 Å². The molecule has 1 fully saturated rings. The highest BCUT2D eigenvalue weighted by Gasteiger charge is 2.35. The van der Waals surface area contributed by atoms with Gasteiger partial charge < -0.3 is 16.0 Å². The maximum Gasteiger partial charge on any atom is 0.433 e. The van der Waals surface area contributed by atoms with Gasteiger partial charge in [0.1, 0.15) is 5.69 Å². The molecule has 0 saturated carbocycles. The van der Waals surface area contributed by atoms with Crippen LogP contribution in [0, 0.1) is 0 Å². The number of nitrogens with zero attached hydrogens (tertiary/aromatic N) is 2. The minimum atomic E-state index is -4.51. The molecular weight excluding hydrogens is 375 g/mol. The number of amides is 2. The van der Waals surface area contributed by atoms with Crippen LogP contribution in [-0.2, 0) is 15.8 Å². The molecule has 10 heteroatoms. The first-order valence-corrected chi connectivity index (χ1v) is 8.87. The highest BCUT2D eigenvalue weighted by molar-refractivity contribution is 5.91. The third-order valence-corrected chi connectivity index (χ3v) is 4.36. The van der Waals surface area contributed by atoms with Gasteiger partial charge >= 0.3 is 6.18 Å². The largest absolute Gasteiger partial charge is 0.433 e. The molecule has 3 N–H and O–H groups in total.